The van der Waals surface area contributed by atoms with Gasteiger partial charge in [-0.1, -0.05) is 6.92 Å². The highest BCUT2D eigenvalue weighted by molar-refractivity contribution is 5.46. The van der Waals surface area contributed by atoms with Gasteiger partial charge in [0.25, 0.3) is 0 Å². The standard InChI is InChI=1S/C20H23F3O3/c1-3-15-13-17(24)12-14(2)19(15)26-11-5-4-10-25-18-8-6-16(7-9-18)20(21,22)23/h6-9,12-13,24H,3-5,10-11H2,1-2H3. The lowest BCUT2D eigenvalue weighted by Crippen LogP contribution is -2.06. The summed E-state index contributed by atoms with van der Waals surface area (Å²) in [6.45, 7) is 4.81. The van der Waals surface area contributed by atoms with Gasteiger partial charge in [-0.3, -0.25) is 0 Å². The van der Waals surface area contributed by atoms with Crippen LogP contribution in [0.15, 0.2) is 36.4 Å². The summed E-state index contributed by atoms with van der Waals surface area (Å²) >= 11 is 0. The van der Waals surface area contributed by atoms with E-state index >= 15 is 0 Å². The molecule has 0 heterocycles. The Kier molecular flexibility index (Phi) is 6.77. The molecule has 0 fully saturated rings. The summed E-state index contributed by atoms with van der Waals surface area (Å²) in [5.74, 6) is 1.45. The molecule has 0 spiro atoms. The number of halogens is 3. The number of benzene rings is 2. The molecule has 0 saturated carbocycles. The quantitative estimate of drug-likeness (QED) is 0.624. The zero-order valence-electron chi connectivity index (χ0n) is 14.9. The molecule has 0 aliphatic carbocycles. The highest BCUT2D eigenvalue weighted by atomic mass is 19.4. The second-order valence-electron chi connectivity index (χ2n) is 6.03. The van der Waals surface area contributed by atoms with E-state index in [1.54, 1.807) is 12.1 Å². The zero-order chi connectivity index (χ0) is 19.2. The highest BCUT2D eigenvalue weighted by Crippen LogP contribution is 2.30. The molecule has 0 radical (unpaired) electrons. The van der Waals surface area contributed by atoms with Crippen LogP contribution >= 0.6 is 0 Å². The molecule has 3 nitrogen and oxygen atoms in total. The van der Waals surface area contributed by atoms with Crippen LogP contribution in [0.3, 0.4) is 0 Å². The lowest BCUT2D eigenvalue weighted by molar-refractivity contribution is -0.137. The number of ether oxygens (including phenoxy) is 2. The Labute approximate surface area is 151 Å². The molecule has 2 aromatic rings. The van der Waals surface area contributed by atoms with Crippen LogP contribution in [0.5, 0.6) is 17.2 Å². The molecular formula is C20H23F3O3. The molecule has 142 valence electrons. The second-order valence-corrected chi connectivity index (χ2v) is 6.03. The van der Waals surface area contributed by atoms with E-state index in [1.807, 2.05) is 13.8 Å². The molecule has 26 heavy (non-hydrogen) atoms. The Morgan fingerprint density at radius 1 is 0.962 bits per heavy atom. The lowest BCUT2D eigenvalue weighted by Gasteiger charge is -2.14. The molecule has 0 unspecified atom stereocenters. The third-order valence-electron chi connectivity index (χ3n) is 3.95. The van der Waals surface area contributed by atoms with Crippen LogP contribution in [-0.2, 0) is 12.6 Å². The van der Waals surface area contributed by atoms with Gasteiger partial charge in [0.1, 0.15) is 17.2 Å². The average molecular weight is 368 g/mol. The van der Waals surface area contributed by atoms with Gasteiger partial charge in [-0.25, -0.2) is 0 Å². The van der Waals surface area contributed by atoms with Gasteiger partial charge in [-0.05, 0) is 73.7 Å². The Bertz CT molecular complexity index is 709. The largest absolute Gasteiger partial charge is 0.508 e. The van der Waals surface area contributed by atoms with E-state index in [0.717, 1.165) is 48.3 Å². The van der Waals surface area contributed by atoms with Gasteiger partial charge in [-0.2, -0.15) is 13.2 Å². The first kappa shape index (κ1) is 19.9. The number of hydrogen-bond donors (Lipinski definition) is 1. The van der Waals surface area contributed by atoms with Crippen LogP contribution in [-0.4, -0.2) is 18.3 Å². The van der Waals surface area contributed by atoms with Crippen LogP contribution < -0.4 is 9.47 Å². The van der Waals surface area contributed by atoms with Crippen LogP contribution in [0.25, 0.3) is 0 Å². The molecule has 1 N–H and O–H groups in total. The fraction of sp³-hybridized carbons (Fsp3) is 0.400. The van der Waals surface area contributed by atoms with Crippen molar-refractivity contribution in [2.45, 2.75) is 39.3 Å². The van der Waals surface area contributed by atoms with Crippen molar-refractivity contribution in [1.29, 1.82) is 0 Å². The Morgan fingerprint density at radius 3 is 2.15 bits per heavy atom. The van der Waals surface area contributed by atoms with Gasteiger partial charge in [0.2, 0.25) is 0 Å². The van der Waals surface area contributed by atoms with Crippen LogP contribution in [0.1, 0.15) is 36.5 Å². The minimum Gasteiger partial charge on any atom is -0.508 e. The number of phenolic OH excluding ortho intramolecular Hbond substituents is 1. The molecule has 2 rings (SSSR count). The van der Waals surface area contributed by atoms with E-state index in [0.29, 0.717) is 19.0 Å². The van der Waals surface area contributed by atoms with Crippen molar-refractivity contribution in [3.8, 4) is 17.2 Å². The lowest BCUT2D eigenvalue weighted by atomic mass is 10.1. The highest BCUT2D eigenvalue weighted by Gasteiger charge is 2.29. The summed E-state index contributed by atoms with van der Waals surface area (Å²) in [5, 5.41) is 9.63. The van der Waals surface area contributed by atoms with Crippen molar-refractivity contribution in [2.24, 2.45) is 0 Å². The Morgan fingerprint density at radius 2 is 1.58 bits per heavy atom. The zero-order valence-corrected chi connectivity index (χ0v) is 14.9. The number of phenols is 1. The molecule has 0 amide bonds. The van der Waals surface area contributed by atoms with Gasteiger partial charge >= 0.3 is 6.18 Å². The first-order chi connectivity index (χ1) is 12.3. The number of alkyl halides is 3. The van der Waals surface area contributed by atoms with Crippen molar-refractivity contribution < 1.29 is 27.8 Å². The molecule has 2 aromatic carbocycles. The molecular weight excluding hydrogens is 345 g/mol. The minimum absolute atomic E-state index is 0.233. The van der Waals surface area contributed by atoms with E-state index < -0.39 is 11.7 Å². The number of rotatable bonds is 8. The summed E-state index contributed by atoms with van der Waals surface area (Å²) in [7, 11) is 0. The number of unbranched alkanes of at least 4 members (excludes halogenated alkanes) is 1. The SMILES string of the molecule is CCc1cc(O)cc(C)c1OCCCCOc1ccc(C(F)(F)F)cc1. The van der Waals surface area contributed by atoms with Gasteiger partial charge in [0.15, 0.2) is 0 Å². The molecule has 0 saturated heterocycles. The molecule has 0 atom stereocenters. The summed E-state index contributed by atoms with van der Waals surface area (Å²) in [4.78, 5) is 0. The second kappa shape index (κ2) is 8.83. The van der Waals surface area contributed by atoms with Crippen LogP contribution in [0.4, 0.5) is 13.2 Å². The Balaban J connectivity index is 1.73. The van der Waals surface area contributed by atoms with Crippen LogP contribution in [0.2, 0.25) is 0 Å². The first-order valence-electron chi connectivity index (χ1n) is 8.56. The molecule has 6 heteroatoms. The first-order valence-corrected chi connectivity index (χ1v) is 8.56. The number of hydrogen-bond acceptors (Lipinski definition) is 3. The van der Waals surface area contributed by atoms with Gasteiger partial charge in [0.05, 0.1) is 18.8 Å². The average Bonchev–Trinajstić information content (AvgIpc) is 2.58. The predicted octanol–water partition coefficient (Wildman–Crippen LogP) is 5.52. The summed E-state index contributed by atoms with van der Waals surface area (Å²) < 4.78 is 48.7. The van der Waals surface area contributed by atoms with Crippen molar-refractivity contribution in [3.05, 3.63) is 53.1 Å². The van der Waals surface area contributed by atoms with Gasteiger partial charge in [-0.15, -0.1) is 0 Å². The maximum absolute atomic E-state index is 12.5. The van der Waals surface area contributed by atoms with Crippen molar-refractivity contribution in [3.63, 3.8) is 0 Å². The van der Waals surface area contributed by atoms with E-state index in [2.05, 4.69) is 0 Å². The number of aromatic hydroxyl groups is 1. The molecule has 0 bridgehead atoms. The topological polar surface area (TPSA) is 38.7 Å². The normalized spacial score (nSPS) is 11.4. The van der Waals surface area contributed by atoms with Crippen molar-refractivity contribution in [2.75, 3.05) is 13.2 Å². The summed E-state index contributed by atoms with van der Waals surface area (Å²) in [6, 6.07) is 8.05. The molecule has 0 aromatic heterocycles. The van der Waals surface area contributed by atoms with Crippen LogP contribution in [0, 0.1) is 6.92 Å². The minimum atomic E-state index is -4.33. The van der Waals surface area contributed by atoms with E-state index in [9.17, 15) is 18.3 Å². The maximum Gasteiger partial charge on any atom is 0.416 e. The van der Waals surface area contributed by atoms with E-state index in [-0.39, 0.29) is 5.75 Å². The van der Waals surface area contributed by atoms with Gasteiger partial charge < -0.3 is 14.6 Å². The monoisotopic (exact) mass is 368 g/mol. The predicted molar refractivity (Wildman–Crippen MR) is 93.9 cm³/mol. The maximum atomic E-state index is 12.5. The van der Waals surface area contributed by atoms with E-state index in [4.69, 9.17) is 9.47 Å². The Hall–Kier alpha value is -2.37. The third-order valence-corrected chi connectivity index (χ3v) is 3.95. The van der Waals surface area contributed by atoms with Crippen molar-refractivity contribution >= 4 is 0 Å². The van der Waals surface area contributed by atoms with Gasteiger partial charge in [0, 0.05) is 0 Å². The van der Waals surface area contributed by atoms with E-state index in [1.165, 1.54) is 12.1 Å². The third kappa shape index (κ3) is 5.58. The summed E-state index contributed by atoms with van der Waals surface area (Å²) in [6.07, 6.45) is -2.09. The number of aryl methyl sites for hydroxylation is 2. The van der Waals surface area contributed by atoms with Crippen molar-refractivity contribution in [1.82, 2.24) is 0 Å². The molecule has 0 aliphatic heterocycles. The fourth-order valence-corrected chi connectivity index (χ4v) is 2.60. The fourth-order valence-electron chi connectivity index (χ4n) is 2.60. The summed E-state index contributed by atoms with van der Waals surface area (Å²) in [5.41, 5.74) is 1.17. The molecule has 0 aliphatic rings. The smallest absolute Gasteiger partial charge is 0.416 e.